The monoisotopic (exact) mass is 535 g/mol. The van der Waals surface area contributed by atoms with Crippen LogP contribution in [0.2, 0.25) is 0 Å². The molecule has 0 radical (unpaired) electrons. The summed E-state index contributed by atoms with van der Waals surface area (Å²) in [6, 6.07) is 3.04. The molecule has 10 nitrogen and oxygen atoms in total. The quantitative estimate of drug-likeness (QED) is 0.350. The average molecular weight is 536 g/mol. The maximum atomic E-state index is 14.0. The first-order valence-electron chi connectivity index (χ1n) is 13.0. The molecule has 0 fully saturated rings. The summed E-state index contributed by atoms with van der Waals surface area (Å²) in [5.74, 6) is -1.58. The zero-order chi connectivity index (χ0) is 29.3. The minimum atomic E-state index is -1.35. The first-order valence-corrected chi connectivity index (χ1v) is 13.0. The predicted octanol–water partition coefficient (Wildman–Crippen LogP) is 3.32. The number of carbonyl (C=O) groups is 4. The van der Waals surface area contributed by atoms with Gasteiger partial charge in [-0.15, -0.1) is 0 Å². The molecular weight excluding hydrogens is 490 g/mol. The van der Waals surface area contributed by atoms with Crippen molar-refractivity contribution >= 4 is 23.9 Å². The number of aryl methyl sites for hydroxylation is 1. The van der Waals surface area contributed by atoms with Crippen molar-refractivity contribution in [2.45, 2.75) is 98.4 Å². The van der Waals surface area contributed by atoms with Crippen molar-refractivity contribution in [2.75, 3.05) is 19.8 Å². The lowest BCUT2D eigenvalue weighted by atomic mass is 9.89. The Morgan fingerprint density at radius 1 is 1.05 bits per heavy atom. The van der Waals surface area contributed by atoms with Crippen LogP contribution in [0.3, 0.4) is 0 Å². The van der Waals surface area contributed by atoms with E-state index in [9.17, 15) is 24.3 Å². The zero-order valence-electron chi connectivity index (χ0n) is 24.3. The third-order valence-electron chi connectivity index (χ3n) is 6.31. The van der Waals surface area contributed by atoms with Crippen molar-refractivity contribution in [1.82, 2.24) is 15.5 Å². The molecule has 2 unspecified atom stereocenters. The van der Waals surface area contributed by atoms with E-state index in [1.165, 1.54) is 4.90 Å². The Balaban J connectivity index is 3.54. The summed E-state index contributed by atoms with van der Waals surface area (Å²) >= 11 is 0. The topological polar surface area (TPSA) is 134 Å². The number of nitrogens with zero attached hydrogens (tertiary/aromatic N) is 1. The lowest BCUT2D eigenvalue weighted by Crippen LogP contribution is -2.60. The van der Waals surface area contributed by atoms with E-state index in [0.717, 1.165) is 11.1 Å². The van der Waals surface area contributed by atoms with Gasteiger partial charge in [-0.25, -0.2) is 4.79 Å². The Labute approximate surface area is 226 Å². The number of carbonyl (C=O) groups excluding carboxylic acids is 4. The van der Waals surface area contributed by atoms with Gasteiger partial charge in [-0.1, -0.05) is 25.1 Å². The van der Waals surface area contributed by atoms with E-state index < -0.39 is 53.7 Å². The van der Waals surface area contributed by atoms with Gasteiger partial charge < -0.3 is 30.1 Å². The molecule has 0 aromatic heterocycles. The Bertz CT molecular complexity index is 985. The number of aliphatic hydroxyl groups excluding tert-OH is 1. The molecule has 0 heterocycles. The van der Waals surface area contributed by atoms with Gasteiger partial charge in [-0.05, 0) is 78.5 Å². The van der Waals surface area contributed by atoms with Crippen LogP contribution < -0.4 is 10.6 Å². The average Bonchev–Trinajstić information content (AvgIpc) is 2.81. The third kappa shape index (κ3) is 9.31. The van der Waals surface area contributed by atoms with Crippen LogP contribution in [0.25, 0.3) is 0 Å². The molecule has 38 heavy (non-hydrogen) atoms. The van der Waals surface area contributed by atoms with Gasteiger partial charge in [0.05, 0.1) is 19.6 Å². The number of benzene rings is 1. The highest BCUT2D eigenvalue weighted by Crippen LogP contribution is 2.34. The molecule has 0 saturated heterocycles. The van der Waals surface area contributed by atoms with E-state index in [2.05, 4.69) is 10.6 Å². The number of ether oxygens (including phenoxy) is 2. The van der Waals surface area contributed by atoms with Crippen LogP contribution in [0.4, 0.5) is 4.79 Å². The molecule has 1 rings (SSSR count). The molecule has 0 saturated carbocycles. The van der Waals surface area contributed by atoms with Crippen LogP contribution in [0.15, 0.2) is 18.2 Å². The fourth-order valence-corrected chi connectivity index (χ4v) is 3.83. The standard InChI is InChI=1S/C28H45N3O7/c1-10-28(8,9)31(25(35)21(17-32)30-26(36)38-27(5,6)7)23(20-14-12-13-18(3)19(20)4)24(34)29-16-15-22(33)37-11-2/h12-14,21,23,32H,10-11,15-17H2,1-9H3,(H,29,34)(H,30,36). The van der Waals surface area contributed by atoms with Crippen molar-refractivity contribution < 1.29 is 33.8 Å². The van der Waals surface area contributed by atoms with E-state index in [1.807, 2.05) is 40.7 Å². The molecule has 214 valence electrons. The van der Waals surface area contributed by atoms with Gasteiger partial charge in [-0.3, -0.25) is 14.4 Å². The molecular formula is C28H45N3O7. The summed E-state index contributed by atoms with van der Waals surface area (Å²) in [5.41, 5.74) is 0.680. The maximum absolute atomic E-state index is 14.0. The molecule has 0 spiro atoms. The van der Waals surface area contributed by atoms with E-state index in [-0.39, 0.29) is 19.6 Å². The number of amides is 3. The summed E-state index contributed by atoms with van der Waals surface area (Å²) in [6.07, 6.45) is -0.411. The molecule has 0 aliphatic rings. The number of aliphatic hydroxyl groups is 1. The molecule has 1 aromatic rings. The number of hydrogen-bond acceptors (Lipinski definition) is 7. The summed E-state index contributed by atoms with van der Waals surface area (Å²) in [5, 5.41) is 15.3. The largest absolute Gasteiger partial charge is 0.466 e. The highest BCUT2D eigenvalue weighted by Gasteiger charge is 2.43. The van der Waals surface area contributed by atoms with Gasteiger partial charge >= 0.3 is 12.1 Å². The highest BCUT2D eigenvalue weighted by molar-refractivity contribution is 5.93. The van der Waals surface area contributed by atoms with E-state index >= 15 is 0 Å². The fraction of sp³-hybridized carbons (Fsp3) is 0.643. The number of esters is 1. The van der Waals surface area contributed by atoms with E-state index in [1.54, 1.807) is 39.8 Å². The molecule has 3 amide bonds. The van der Waals surface area contributed by atoms with Crippen LogP contribution in [0.5, 0.6) is 0 Å². The van der Waals surface area contributed by atoms with Crippen LogP contribution in [-0.2, 0) is 23.9 Å². The molecule has 0 aliphatic heterocycles. The summed E-state index contributed by atoms with van der Waals surface area (Å²) in [4.78, 5) is 53.4. The fourth-order valence-electron chi connectivity index (χ4n) is 3.83. The smallest absolute Gasteiger partial charge is 0.408 e. The van der Waals surface area contributed by atoms with E-state index in [0.29, 0.717) is 12.0 Å². The normalized spacial score (nSPS) is 13.2. The van der Waals surface area contributed by atoms with Crippen molar-refractivity contribution in [3.05, 3.63) is 34.9 Å². The summed E-state index contributed by atoms with van der Waals surface area (Å²) in [7, 11) is 0. The number of nitrogens with one attached hydrogen (secondary N) is 2. The highest BCUT2D eigenvalue weighted by atomic mass is 16.6. The summed E-state index contributed by atoms with van der Waals surface area (Å²) < 4.78 is 10.2. The van der Waals surface area contributed by atoms with Crippen molar-refractivity contribution in [1.29, 1.82) is 0 Å². The van der Waals surface area contributed by atoms with Gasteiger partial charge in [0.1, 0.15) is 17.7 Å². The molecule has 1 aromatic carbocycles. The van der Waals surface area contributed by atoms with Gasteiger partial charge in [0.15, 0.2) is 0 Å². The number of alkyl carbamates (subject to hydrolysis) is 1. The minimum Gasteiger partial charge on any atom is -0.466 e. The Morgan fingerprint density at radius 3 is 2.21 bits per heavy atom. The molecule has 0 bridgehead atoms. The van der Waals surface area contributed by atoms with Crippen LogP contribution in [0, 0.1) is 13.8 Å². The Morgan fingerprint density at radius 2 is 1.68 bits per heavy atom. The van der Waals surface area contributed by atoms with Crippen molar-refractivity contribution in [3.8, 4) is 0 Å². The zero-order valence-corrected chi connectivity index (χ0v) is 24.3. The van der Waals surface area contributed by atoms with Gasteiger partial charge in [0.2, 0.25) is 11.8 Å². The minimum absolute atomic E-state index is 0.0210. The van der Waals surface area contributed by atoms with Crippen LogP contribution >= 0.6 is 0 Å². The lowest BCUT2D eigenvalue weighted by Gasteiger charge is -2.44. The first kappa shape index (κ1) is 32.9. The van der Waals surface area contributed by atoms with Gasteiger partial charge in [-0.2, -0.15) is 0 Å². The maximum Gasteiger partial charge on any atom is 0.408 e. The number of hydrogen-bond donors (Lipinski definition) is 3. The number of rotatable bonds is 12. The SMILES string of the molecule is CCOC(=O)CCNC(=O)C(c1cccc(C)c1C)N(C(=O)C(CO)NC(=O)OC(C)(C)C)C(C)(C)CC. The van der Waals surface area contributed by atoms with Gasteiger partial charge in [0, 0.05) is 12.1 Å². The lowest BCUT2D eigenvalue weighted by molar-refractivity contribution is -0.150. The second-order valence-corrected chi connectivity index (χ2v) is 10.8. The summed E-state index contributed by atoms with van der Waals surface area (Å²) in [6.45, 7) is 15.6. The molecule has 2 atom stereocenters. The van der Waals surface area contributed by atoms with E-state index in [4.69, 9.17) is 9.47 Å². The second kappa shape index (κ2) is 14.1. The Hall–Kier alpha value is -3.14. The Kier molecular flexibility index (Phi) is 12.2. The van der Waals surface area contributed by atoms with Gasteiger partial charge in [0.25, 0.3) is 0 Å². The molecule has 10 heteroatoms. The van der Waals surface area contributed by atoms with Crippen molar-refractivity contribution in [3.63, 3.8) is 0 Å². The third-order valence-corrected chi connectivity index (χ3v) is 6.31. The van der Waals surface area contributed by atoms with Crippen LogP contribution in [0.1, 0.15) is 84.0 Å². The molecule has 0 aliphatic carbocycles. The van der Waals surface area contributed by atoms with Crippen molar-refractivity contribution in [2.24, 2.45) is 0 Å². The predicted molar refractivity (Wildman–Crippen MR) is 144 cm³/mol. The first-order chi connectivity index (χ1) is 17.6. The van der Waals surface area contributed by atoms with Crippen LogP contribution in [-0.4, -0.2) is 70.8 Å². The molecule has 3 N–H and O–H groups in total. The second-order valence-electron chi connectivity index (χ2n) is 10.8.